The third kappa shape index (κ3) is 4.97. The van der Waals surface area contributed by atoms with Gasteiger partial charge in [0.25, 0.3) is 5.91 Å². The Morgan fingerprint density at radius 1 is 1.21 bits per heavy atom. The summed E-state index contributed by atoms with van der Waals surface area (Å²) in [7, 11) is 3.84. The van der Waals surface area contributed by atoms with Crippen LogP contribution in [0.25, 0.3) is 0 Å². The SMILES string of the molecule is CN(C)C(CNC(=O)c1cnn(Cc2ccccc2Cl)c1)c1ccc(F)cc1. The number of rotatable bonds is 7. The molecule has 3 aromatic rings. The van der Waals surface area contributed by atoms with Crippen LogP contribution in [0.5, 0.6) is 0 Å². The predicted molar refractivity (Wildman–Crippen MR) is 108 cm³/mol. The molecule has 0 saturated carbocycles. The molecule has 2 aromatic carbocycles. The first-order valence-electron chi connectivity index (χ1n) is 8.90. The highest BCUT2D eigenvalue weighted by Crippen LogP contribution is 2.18. The van der Waals surface area contributed by atoms with Crippen molar-refractivity contribution in [3.05, 3.63) is 88.5 Å². The number of hydrogen-bond acceptors (Lipinski definition) is 3. The summed E-state index contributed by atoms with van der Waals surface area (Å²) in [5.74, 6) is -0.490. The van der Waals surface area contributed by atoms with Gasteiger partial charge < -0.3 is 10.2 Å². The van der Waals surface area contributed by atoms with Crippen LogP contribution < -0.4 is 5.32 Å². The topological polar surface area (TPSA) is 50.2 Å². The fourth-order valence-electron chi connectivity index (χ4n) is 2.94. The van der Waals surface area contributed by atoms with Crippen LogP contribution in [0.15, 0.2) is 60.9 Å². The number of carbonyl (C=O) groups excluding carboxylic acids is 1. The summed E-state index contributed by atoms with van der Waals surface area (Å²) in [6.07, 6.45) is 3.23. The monoisotopic (exact) mass is 400 g/mol. The average molecular weight is 401 g/mol. The number of benzene rings is 2. The lowest BCUT2D eigenvalue weighted by atomic mass is 10.1. The molecule has 1 heterocycles. The van der Waals surface area contributed by atoms with E-state index in [1.165, 1.54) is 18.3 Å². The first-order valence-corrected chi connectivity index (χ1v) is 9.28. The summed E-state index contributed by atoms with van der Waals surface area (Å²) in [5, 5.41) is 7.84. The van der Waals surface area contributed by atoms with E-state index in [-0.39, 0.29) is 17.8 Å². The van der Waals surface area contributed by atoms with Crippen molar-refractivity contribution < 1.29 is 9.18 Å². The van der Waals surface area contributed by atoms with Crippen LogP contribution in [0.1, 0.15) is 27.5 Å². The summed E-state index contributed by atoms with van der Waals surface area (Å²) in [6.45, 7) is 0.885. The molecule has 28 heavy (non-hydrogen) atoms. The Balaban J connectivity index is 1.63. The summed E-state index contributed by atoms with van der Waals surface area (Å²) in [4.78, 5) is 14.5. The van der Waals surface area contributed by atoms with Crippen molar-refractivity contribution in [1.82, 2.24) is 20.0 Å². The molecule has 0 bridgehead atoms. The van der Waals surface area contributed by atoms with Gasteiger partial charge >= 0.3 is 0 Å². The van der Waals surface area contributed by atoms with Gasteiger partial charge in [0.15, 0.2) is 0 Å². The lowest BCUT2D eigenvalue weighted by Gasteiger charge is -2.25. The van der Waals surface area contributed by atoms with E-state index in [0.717, 1.165) is 11.1 Å². The van der Waals surface area contributed by atoms with Crippen LogP contribution in [0.3, 0.4) is 0 Å². The minimum absolute atomic E-state index is 0.0669. The van der Waals surface area contributed by atoms with Gasteiger partial charge in [0.1, 0.15) is 5.82 Å². The molecule has 1 N–H and O–H groups in total. The fraction of sp³-hybridized carbons (Fsp3) is 0.238. The van der Waals surface area contributed by atoms with Crippen molar-refractivity contribution in [3.63, 3.8) is 0 Å². The van der Waals surface area contributed by atoms with Gasteiger partial charge in [-0.3, -0.25) is 9.48 Å². The smallest absolute Gasteiger partial charge is 0.254 e. The minimum Gasteiger partial charge on any atom is -0.350 e. The Morgan fingerprint density at radius 3 is 2.61 bits per heavy atom. The lowest BCUT2D eigenvalue weighted by molar-refractivity contribution is 0.0942. The van der Waals surface area contributed by atoms with E-state index in [1.54, 1.807) is 23.0 Å². The Bertz CT molecular complexity index is 940. The molecule has 0 saturated heterocycles. The van der Waals surface area contributed by atoms with Gasteiger partial charge in [0, 0.05) is 17.8 Å². The quantitative estimate of drug-likeness (QED) is 0.657. The van der Waals surface area contributed by atoms with E-state index in [0.29, 0.717) is 23.7 Å². The highest BCUT2D eigenvalue weighted by molar-refractivity contribution is 6.31. The molecule has 0 aliphatic rings. The molecule has 5 nitrogen and oxygen atoms in total. The van der Waals surface area contributed by atoms with Crippen molar-refractivity contribution >= 4 is 17.5 Å². The number of carbonyl (C=O) groups is 1. The summed E-state index contributed by atoms with van der Waals surface area (Å²) >= 11 is 6.18. The third-order valence-electron chi connectivity index (χ3n) is 4.52. The molecule has 0 aliphatic carbocycles. The van der Waals surface area contributed by atoms with Crippen molar-refractivity contribution in [2.45, 2.75) is 12.6 Å². The largest absolute Gasteiger partial charge is 0.350 e. The zero-order chi connectivity index (χ0) is 20.1. The Kier molecular flexibility index (Phi) is 6.44. The Labute approximate surface area is 168 Å². The van der Waals surface area contributed by atoms with Crippen molar-refractivity contribution in [2.24, 2.45) is 0 Å². The van der Waals surface area contributed by atoms with Crippen LogP contribution in [0.4, 0.5) is 4.39 Å². The van der Waals surface area contributed by atoms with E-state index in [1.807, 2.05) is 43.3 Å². The van der Waals surface area contributed by atoms with E-state index >= 15 is 0 Å². The molecule has 0 aliphatic heterocycles. The van der Waals surface area contributed by atoms with Crippen molar-refractivity contribution in [2.75, 3.05) is 20.6 Å². The molecule has 1 aromatic heterocycles. The zero-order valence-electron chi connectivity index (χ0n) is 15.8. The Hall–Kier alpha value is -2.70. The summed E-state index contributed by atoms with van der Waals surface area (Å²) in [6, 6.07) is 13.8. The number of likely N-dealkylation sites (N-methyl/N-ethyl adjacent to an activating group) is 1. The van der Waals surface area contributed by atoms with Gasteiger partial charge in [-0.2, -0.15) is 5.10 Å². The van der Waals surface area contributed by atoms with E-state index in [9.17, 15) is 9.18 Å². The second kappa shape index (κ2) is 8.99. The molecular formula is C21H22ClFN4O. The summed E-state index contributed by atoms with van der Waals surface area (Å²) in [5.41, 5.74) is 2.34. The first-order chi connectivity index (χ1) is 13.4. The van der Waals surface area contributed by atoms with Crippen LogP contribution in [-0.2, 0) is 6.54 Å². The van der Waals surface area contributed by atoms with Crippen LogP contribution in [-0.4, -0.2) is 41.2 Å². The molecule has 3 rings (SSSR count). The van der Waals surface area contributed by atoms with E-state index in [2.05, 4.69) is 10.4 Å². The summed E-state index contributed by atoms with van der Waals surface area (Å²) < 4.78 is 14.8. The maximum atomic E-state index is 13.2. The molecule has 1 atom stereocenters. The standard InChI is InChI=1S/C21H22ClFN4O/c1-26(2)20(15-7-9-18(23)10-8-15)12-24-21(28)17-11-25-27(14-17)13-16-5-3-4-6-19(16)22/h3-11,14,20H,12-13H2,1-2H3,(H,24,28). The molecule has 0 fully saturated rings. The lowest BCUT2D eigenvalue weighted by Crippen LogP contribution is -2.34. The molecule has 1 unspecified atom stereocenters. The molecule has 7 heteroatoms. The van der Waals surface area contributed by atoms with E-state index in [4.69, 9.17) is 11.6 Å². The van der Waals surface area contributed by atoms with Gasteiger partial charge in [-0.1, -0.05) is 41.9 Å². The van der Waals surface area contributed by atoms with Crippen LogP contribution >= 0.6 is 11.6 Å². The fourth-order valence-corrected chi connectivity index (χ4v) is 3.14. The molecule has 0 radical (unpaired) electrons. The molecule has 0 spiro atoms. The number of aromatic nitrogens is 2. The number of nitrogens with zero attached hydrogens (tertiary/aromatic N) is 3. The zero-order valence-corrected chi connectivity index (χ0v) is 16.5. The third-order valence-corrected chi connectivity index (χ3v) is 4.89. The number of halogens is 2. The minimum atomic E-state index is -0.281. The van der Waals surface area contributed by atoms with Gasteiger partial charge in [0.05, 0.1) is 24.3 Å². The van der Waals surface area contributed by atoms with Gasteiger partial charge in [-0.15, -0.1) is 0 Å². The number of nitrogens with one attached hydrogen (secondary N) is 1. The Morgan fingerprint density at radius 2 is 1.93 bits per heavy atom. The maximum absolute atomic E-state index is 13.2. The first kappa shape index (κ1) is 20.0. The van der Waals surface area contributed by atoms with Gasteiger partial charge in [-0.25, -0.2) is 4.39 Å². The highest BCUT2D eigenvalue weighted by Gasteiger charge is 2.17. The second-order valence-corrected chi connectivity index (χ2v) is 7.17. The second-order valence-electron chi connectivity index (χ2n) is 6.76. The maximum Gasteiger partial charge on any atom is 0.254 e. The van der Waals surface area contributed by atoms with Gasteiger partial charge in [-0.05, 0) is 43.4 Å². The van der Waals surface area contributed by atoms with Gasteiger partial charge in [0.2, 0.25) is 0 Å². The number of amides is 1. The highest BCUT2D eigenvalue weighted by atomic mass is 35.5. The van der Waals surface area contributed by atoms with E-state index < -0.39 is 0 Å². The van der Waals surface area contributed by atoms with Crippen molar-refractivity contribution in [3.8, 4) is 0 Å². The predicted octanol–water partition coefficient (Wildman–Crippen LogP) is 3.76. The van der Waals surface area contributed by atoms with Crippen LogP contribution in [0, 0.1) is 5.82 Å². The molecular weight excluding hydrogens is 379 g/mol. The number of hydrogen-bond donors (Lipinski definition) is 1. The average Bonchev–Trinajstić information content (AvgIpc) is 3.13. The molecule has 146 valence electrons. The molecule has 1 amide bonds. The van der Waals surface area contributed by atoms with Crippen molar-refractivity contribution in [1.29, 1.82) is 0 Å². The normalized spacial score (nSPS) is 12.2. The van der Waals surface area contributed by atoms with Crippen LogP contribution in [0.2, 0.25) is 5.02 Å².